The molecule has 3 N–H and O–H groups in total. The van der Waals surface area contributed by atoms with Crippen LogP contribution in [0.3, 0.4) is 0 Å². The summed E-state index contributed by atoms with van der Waals surface area (Å²) in [7, 11) is -2.95. The summed E-state index contributed by atoms with van der Waals surface area (Å²) in [5, 5.41) is 13.8. The van der Waals surface area contributed by atoms with E-state index in [1.54, 1.807) is 16.8 Å². The van der Waals surface area contributed by atoms with Crippen LogP contribution in [-0.2, 0) is 27.2 Å². The lowest BCUT2D eigenvalue weighted by molar-refractivity contribution is -0.138. The number of benzene rings is 1. The lowest BCUT2D eigenvalue weighted by Gasteiger charge is -2.16. The molecule has 184 valence electrons. The number of hydrogen-bond acceptors (Lipinski definition) is 7. The molecule has 9 nitrogen and oxygen atoms in total. The summed E-state index contributed by atoms with van der Waals surface area (Å²) in [6, 6.07) is 4.28. The monoisotopic (exact) mass is 519 g/mol. The van der Waals surface area contributed by atoms with E-state index in [-0.39, 0.29) is 29.6 Å². The molecule has 14 heteroatoms. The molecule has 3 atom stereocenters. The van der Waals surface area contributed by atoms with Crippen LogP contribution in [0, 0.1) is 0 Å². The van der Waals surface area contributed by atoms with Gasteiger partial charge in [0.2, 0.25) is 0 Å². The number of nitrogens with zero attached hydrogens (tertiary/aromatic N) is 3. The van der Waals surface area contributed by atoms with Crippen LogP contribution >= 0.6 is 11.6 Å². The van der Waals surface area contributed by atoms with E-state index in [0.717, 1.165) is 13.2 Å². The van der Waals surface area contributed by atoms with Crippen LogP contribution in [0.25, 0.3) is 11.0 Å². The molecule has 1 fully saturated rings. The molecule has 1 saturated carbocycles. The second-order valence-electron chi connectivity index (χ2n) is 7.87. The van der Waals surface area contributed by atoms with Crippen LogP contribution in [0.15, 0.2) is 36.8 Å². The Morgan fingerprint density at radius 3 is 2.74 bits per heavy atom. The van der Waals surface area contributed by atoms with Gasteiger partial charge in [0, 0.05) is 23.8 Å². The molecule has 0 spiro atoms. The number of halogens is 4. The minimum Gasteiger partial charge on any atom is -0.391 e. The molecule has 1 aromatic carbocycles. The maximum Gasteiger partial charge on any atom is 0.416 e. The van der Waals surface area contributed by atoms with E-state index >= 15 is 0 Å². The highest BCUT2D eigenvalue weighted by Crippen LogP contribution is 2.36. The van der Waals surface area contributed by atoms with E-state index in [4.69, 9.17) is 11.6 Å². The molecule has 2 aromatic heterocycles. The summed E-state index contributed by atoms with van der Waals surface area (Å²) in [6.07, 6.45) is -1.93. The van der Waals surface area contributed by atoms with Crippen LogP contribution in [0.2, 0.25) is 5.02 Å². The molecule has 34 heavy (non-hydrogen) atoms. The smallest absolute Gasteiger partial charge is 0.391 e. The number of aromatic nitrogens is 3. The molecule has 1 aliphatic carbocycles. The van der Waals surface area contributed by atoms with E-state index in [1.165, 1.54) is 18.5 Å². The maximum atomic E-state index is 13.4. The molecule has 0 amide bonds. The van der Waals surface area contributed by atoms with Crippen molar-refractivity contribution in [3.63, 3.8) is 0 Å². The van der Waals surface area contributed by atoms with Crippen molar-refractivity contribution < 1.29 is 30.9 Å². The minimum atomic E-state index is -4.56. The van der Waals surface area contributed by atoms with Crippen molar-refractivity contribution in [2.45, 2.75) is 43.8 Å². The standard InChI is InChI=1S/C20H21ClF3N5O4S/c1-33-34(31,32)28-16-7-13(8-17(16)30)29-5-4-14-18(26-10-27-19(14)29)25-9-11-2-3-12(21)6-15(11)20(22,23)24/h2-6,10,13,16-17,28,30H,7-9H2,1H3,(H,25,26,27)/t13-,16+,17+/m1/s1. The number of fused-ring (bicyclic) bond motifs is 1. The molecule has 3 aromatic rings. The fourth-order valence-corrected chi connectivity index (χ4v) is 5.02. The fraction of sp³-hybridized carbons (Fsp3) is 0.400. The molecular formula is C20H21ClF3N5O4S. The van der Waals surface area contributed by atoms with Gasteiger partial charge >= 0.3 is 16.5 Å². The maximum absolute atomic E-state index is 13.4. The zero-order valence-corrected chi connectivity index (χ0v) is 19.3. The molecule has 4 rings (SSSR count). The van der Waals surface area contributed by atoms with Crippen LogP contribution in [0.4, 0.5) is 19.0 Å². The van der Waals surface area contributed by atoms with Gasteiger partial charge in [-0.2, -0.15) is 26.3 Å². The highest BCUT2D eigenvalue weighted by molar-refractivity contribution is 7.84. The van der Waals surface area contributed by atoms with Gasteiger partial charge in [-0.05, 0) is 36.6 Å². The van der Waals surface area contributed by atoms with Gasteiger partial charge in [-0.15, -0.1) is 0 Å². The predicted molar refractivity (Wildman–Crippen MR) is 118 cm³/mol. The Morgan fingerprint density at radius 2 is 2.03 bits per heavy atom. The Morgan fingerprint density at radius 1 is 1.26 bits per heavy atom. The van der Waals surface area contributed by atoms with Gasteiger partial charge in [0.1, 0.15) is 17.8 Å². The summed E-state index contributed by atoms with van der Waals surface area (Å²) in [6.45, 7) is -0.147. The number of nitrogens with one attached hydrogen (secondary N) is 2. The highest BCUT2D eigenvalue weighted by atomic mass is 35.5. The summed E-state index contributed by atoms with van der Waals surface area (Å²) in [5.41, 5.74) is -0.327. The summed E-state index contributed by atoms with van der Waals surface area (Å²) >= 11 is 5.74. The zero-order chi connectivity index (χ0) is 24.7. The van der Waals surface area contributed by atoms with E-state index in [2.05, 4.69) is 24.2 Å². The van der Waals surface area contributed by atoms with E-state index in [1.807, 2.05) is 0 Å². The van der Waals surface area contributed by atoms with Gasteiger partial charge in [-0.25, -0.2) is 9.97 Å². The second kappa shape index (κ2) is 9.30. The Hall–Kier alpha value is -2.45. The third-order valence-corrected chi connectivity index (χ3v) is 7.01. The van der Waals surface area contributed by atoms with Crippen molar-refractivity contribution in [3.05, 3.63) is 52.9 Å². The number of aliphatic hydroxyl groups is 1. The predicted octanol–water partition coefficient (Wildman–Crippen LogP) is 3.26. The first-order valence-corrected chi connectivity index (χ1v) is 11.9. The fourth-order valence-electron chi connectivity index (χ4n) is 4.13. The summed E-state index contributed by atoms with van der Waals surface area (Å²) < 4.78 is 72.0. The normalized spacial score (nSPS) is 21.3. The van der Waals surface area contributed by atoms with Crippen LogP contribution in [-0.4, -0.2) is 47.3 Å². The molecule has 2 heterocycles. The first-order valence-electron chi connectivity index (χ1n) is 10.2. The van der Waals surface area contributed by atoms with Crippen LogP contribution in [0.1, 0.15) is 30.0 Å². The molecule has 0 unspecified atom stereocenters. The van der Waals surface area contributed by atoms with Gasteiger partial charge in [0.05, 0.1) is 30.2 Å². The van der Waals surface area contributed by atoms with Gasteiger partial charge in [-0.1, -0.05) is 17.7 Å². The Balaban J connectivity index is 1.56. The number of aliphatic hydroxyl groups excluding tert-OH is 1. The molecule has 0 bridgehead atoms. The Bertz CT molecular complexity index is 1300. The van der Waals surface area contributed by atoms with Crippen molar-refractivity contribution in [2.75, 3.05) is 12.4 Å². The number of anilines is 1. The van der Waals surface area contributed by atoms with E-state index in [0.29, 0.717) is 23.3 Å². The van der Waals surface area contributed by atoms with Crippen molar-refractivity contribution in [1.29, 1.82) is 0 Å². The Kier molecular flexibility index (Phi) is 6.75. The Labute approximate surface area is 198 Å². The van der Waals surface area contributed by atoms with Crippen LogP contribution < -0.4 is 10.0 Å². The lowest BCUT2D eigenvalue weighted by Crippen LogP contribution is -2.40. The first kappa shape index (κ1) is 24.7. The van der Waals surface area contributed by atoms with E-state index < -0.39 is 34.2 Å². The molecular weight excluding hydrogens is 499 g/mol. The molecule has 1 aliphatic rings. The number of rotatable bonds is 7. The SMILES string of the molecule is COS(=O)(=O)N[C@H]1C[C@@H](n2ccc3c(NCc4ccc(Cl)cc4C(F)(F)F)ncnc32)C[C@@H]1O. The van der Waals surface area contributed by atoms with Crippen molar-refractivity contribution in [2.24, 2.45) is 0 Å². The summed E-state index contributed by atoms with van der Waals surface area (Å²) in [5.74, 6) is 0.335. The third-order valence-electron chi connectivity index (χ3n) is 5.75. The summed E-state index contributed by atoms with van der Waals surface area (Å²) in [4.78, 5) is 8.44. The van der Waals surface area contributed by atoms with Gasteiger partial charge < -0.3 is 15.0 Å². The number of alkyl halides is 3. The minimum absolute atomic E-state index is 0.00952. The average Bonchev–Trinajstić information content (AvgIpc) is 3.35. The quantitative estimate of drug-likeness (QED) is 0.438. The van der Waals surface area contributed by atoms with Crippen molar-refractivity contribution in [3.8, 4) is 0 Å². The van der Waals surface area contributed by atoms with Gasteiger partial charge in [0.15, 0.2) is 0 Å². The van der Waals surface area contributed by atoms with E-state index in [9.17, 15) is 26.7 Å². The lowest BCUT2D eigenvalue weighted by atomic mass is 10.1. The largest absolute Gasteiger partial charge is 0.416 e. The van der Waals surface area contributed by atoms with Crippen molar-refractivity contribution >= 4 is 38.8 Å². The average molecular weight is 520 g/mol. The molecule has 0 saturated heterocycles. The first-order chi connectivity index (χ1) is 16.0. The number of hydrogen-bond donors (Lipinski definition) is 3. The molecule has 0 aliphatic heterocycles. The van der Waals surface area contributed by atoms with Gasteiger partial charge in [-0.3, -0.25) is 4.18 Å². The zero-order valence-electron chi connectivity index (χ0n) is 17.8. The van der Waals surface area contributed by atoms with Crippen molar-refractivity contribution in [1.82, 2.24) is 19.3 Å². The molecule has 0 radical (unpaired) electrons. The topological polar surface area (TPSA) is 118 Å². The third kappa shape index (κ3) is 5.13. The van der Waals surface area contributed by atoms with Gasteiger partial charge in [0.25, 0.3) is 0 Å². The second-order valence-corrected chi connectivity index (χ2v) is 9.79. The van der Waals surface area contributed by atoms with Crippen LogP contribution in [0.5, 0.6) is 0 Å². The highest BCUT2D eigenvalue weighted by Gasteiger charge is 2.37.